The van der Waals surface area contributed by atoms with Crippen molar-refractivity contribution in [3.63, 3.8) is 0 Å². The van der Waals surface area contributed by atoms with Crippen molar-refractivity contribution < 1.29 is 14.8 Å². The Morgan fingerprint density at radius 2 is 1.77 bits per heavy atom. The van der Waals surface area contributed by atoms with Gasteiger partial charge in [-0.1, -0.05) is 36.4 Å². The molecular formula is C17H15NO4. The summed E-state index contributed by atoms with van der Waals surface area (Å²) in [5.41, 5.74) is 1.33. The molecule has 0 aliphatic carbocycles. The molecule has 0 saturated heterocycles. The molecule has 0 bridgehead atoms. The molecule has 5 nitrogen and oxygen atoms in total. The Hall–Kier alpha value is -2.79. The van der Waals surface area contributed by atoms with E-state index < -0.39 is 11.0 Å². The molecule has 0 radical (unpaired) electrons. The van der Waals surface area contributed by atoms with E-state index in [1.165, 1.54) is 30.3 Å². The number of hydrogen-bond donors (Lipinski definition) is 1. The predicted molar refractivity (Wildman–Crippen MR) is 83.2 cm³/mol. The number of ketones is 1. The van der Waals surface area contributed by atoms with E-state index in [9.17, 15) is 20.0 Å². The van der Waals surface area contributed by atoms with Gasteiger partial charge < -0.3 is 5.11 Å². The quantitative estimate of drug-likeness (QED) is 0.504. The number of aliphatic hydroxyl groups is 1. The zero-order valence-electron chi connectivity index (χ0n) is 11.8. The molecule has 22 heavy (non-hydrogen) atoms. The lowest BCUT2D eigenvalue weighted by atomic mass is 10.0. The second-order valence-electron chi connectivity index (χ2n) is 4.78. The highest BCUT2D eigenvalue weighted by Crippen LogP contribution is 2.20. The van der Waals surface area contributed by atoms with Gasteiger partial charge in [-0.25, -0.2) is 0 Å². The average Bonchev–Trinajstić information content (AvgIpc) is 2.54. The molecule has 0 fully saturated rings. The molecule has 2 rings (SSSR count). The van der Waals surface area contributed by atoms with Crippen LogP contribution in [0, 0.1) is 10.1 Å². The van der Waals surface area contributed by atoms with E-state index in [1.54, 1.807) is 6.08 Å². The van der Waals surface area contributed by atoms with Crippen molar-refractivity contribution in [2.45, 2.75) is 12.5 Å². The first-order valence-electron chi connectivity index (χ1n) is 6.74. The summed E-state index contributed by atoms with van der Waals surface area (Å²) < 4.78 is 0. The average molecular weight is 297 g/mol. The lowest BCUT2D eigenvalue weighted by molar-refractivity contribution is -0.384. The molecule has 0 heterocycles. The van der Waals surface area contributed by atoms with Gasteiger partial charge >= 0.3 is 0 Å². The molecule has 112 valence electrons. The predicted octanol–water partition coefficient (Wildman–Crippen LogP) is 3.30. The van der Waals surface area contributed by atoms with Gasteiger partial charge in [0.05, 0.1) is 11.0 Å². The third kappa shape index (κ3) is 4.36. The summed E-state index contributed by atoms with van der Waals surface area (Å²) >= 11 is 0. The van der Waals surface area contributed by atoms with Gasteiger partial charge in [0, 0.05) is 18.6 Å². The van der Waals surface area contributed by atoms with Gasteiger partial charge in [-0.05, 0) is 29.3 Å². The third-order valence-corrected chi connectivity index (χ3v) is 3.14. The highest BCUT2D eigenvalue weighted by atomic mass is 16.6. The molecule has 0 aliphatic heterocycles. The standard InChI is InChI=1S/C17H15NO4/c19-16(11-6-13-4-2-1-3-5-13)12-17(20)14-7-9-15(10-8-14)18(21)22/h1-11,17,20H,12H2/b11-6+. The maximum atomic E-state index is 11.8. The van der Waals surface area contributed by atoms with Crippen molar-refractivity contribution in [3.05, 3.63) is 81.9 Å². The number of nitro benzene ring substituents is 1. The second kappa shape index (κ2) is 7.28. The van der Waals surface area contributed by atoms with Gasteiger partial charge in [0.15, 0.2) is 5.78 Å². The molecule has 2 aromatic rings. The van der Waals surface area contributed by atoms with Gasteiger partial charge in [-0.15, -0.1) is 0 Å². The molecule has 1 unspecified atom stereocenters. The van der Waals surface area contributed by atoms with Crippen LogP contribution >= 0.6 is 0 Å². The number of benzene rings is 2. The van der Waals surface area contributed by atoms with Crippen molar-refractivity contribution in [3.8, 4) is 0 Å². The van der Waals surface area contributed by atoms with Crippen LogP contribution in [0.3, 0.4) is 0 Å². The van der Waals surface area contributed by atoms with Crippen molar-refractivity contribution in [2.24, 2.45) is 0 Å². The smallest absolute Gasteiger partial charge is 0.269 e. The number of carbonyl (C=O) groups is 1. The Morgan fingerprint density at radius 3 is 2.36 bits per heavy atom. The van der Waals surface area contributed by atoms with Crippen LogP contribution in [0.1, 0.15) is 23.7 Å². The normalized spacial score (nSPS) is 12.2. The zero-order valence-corrected chi connectivity index (χ0v) is 11.8. The van der Waals surface area contributed by atoms with Crippen molar-refractivity contribution in [2.75, 3.05) is 0 Å². The number of nitrogens with zero attached hydrogens (tertiary/aromatic N) is 1. The minimum absolute atomic E-state index is 0.0498. The lowest BCUT2D eigenvalue weighted by Gasteiger charge is -2.08. The van der Waals surface area contributed by atoms with Gasteiger partial charge in [0.2, 0.25) is 0 Å². The van der Waals surface area contributed by atoms with Gasteiger partial charge in [-0.3, -0.25) is 14.9 Å². The summed E-state index contributed by atoms with van der Waals surface area (Å²) in [4.78, 5) is 21.9. The Labute approximate surface area is 127 Å². The summed E-state index contributed by atoms with van der Waals surface area (Å²) in [6, 6.07) is 14.9. The minimum Gasteiger partial charge on any atom is -0.388 e. The molecule has 0 spiro atoms. The maximum absolute atomic E-state index is 11.8. The maximum Gasteiger partial charge on any atom is 0.269 e. The van der Waals surface area contributed by atoms with Crippen LogP contribution in [0.15, 0.2) is 60.7 Å². The Balaban J connectivity index is 1.96. The molecule has 2 aromatic carbocycles. The first-order valence-corrected chi connectivity index (χ1v) is 6.74. The molecule has 0 amide bonds. The van der Waals surface area contributed by atoms with Gasteiger partial charge in [0.1, 0.15) is 0 Å². The first kappa shape index (κ1) is 15.6. The molecule has 0 aliphatic rings. The SMILES string of the molecule is O=C(/C=C/c1ccccc1)CC(O)c1ccc([N+](=O)[O-])cc1. The Bertz CT molecular complexity index is 678. The fourth-order valence-electron chi connectivity index (χ4n) is 1.95. The Kier molecular flexibility index (Phi) is 5.16. The zero-order chi connectivity index (χ0) is 15.9. The summed E-state index contributed by atoms with van der Waals surface area (Å²) in [6.45, 7) is 0. The monoisotopic (exact) mass is 297 g/mol. The lowest BCUT2D eigenvalue weighted by Crippen LogP contribution is -2.04. The topological polar surface area (TPSA) is 80.4 Å². The number of hydrogen-bond acceptors (Lipinski definition) is 4. The summed E-state index contributed by atoms with van der Waals surface area (Å²) in [5, 5.41) is 20.6. The van der Waals surface area contributed by atoms with E-state index in [2.05, 4.69) is 0 Å². The Morgan fingerprint density at radius 1 is 1.14 bits per heavy atom. The van der Waals surface area contributed by atoms with Gasteiger partial charge in [-0.2, -0.15) is 0 Å². The molecule has 1 atom stereocenters. The number of rotatable bonds is 6. The number of nitro groups is 1. The van der Waals surface area contributed by atoms with Crippen molar-refractivity contribution >= 4 is 17.5 Å². The second-order valence-corrected chi connectivity index (χ2v) is 4.78. The number of allylic oxidation sites excluding steroid dienone is 1. The van der Waals surface area contributed by atoms with E-state index in [0.717, 1.165) is 5.56 Å². The third-order valence-electron chi connectivity index (χ3n) is 3.14. The summed E-state index contributed by atoms with van der Waals surface area (Å²) in [7, 11) is 0. The molecule has 0 saturated carbocycles. The number of carbonyl (C=O) groups excluding carboxylic acids is 1. The molecular weight excluding hydrogens is 282 g/mol. The van der Waals surface area contributed by atoms with Crippen LogP contribution in [0.25, 0.3) is 6.08 Å². The van der Waals surface area contributed by atoms with E-state index >= 15 is 0 Å². The van der Waals surface area contributed by atoms with Crippen LogP contribution in [0.5, 0.6) is 0 Å². The van der Waals surface area contributed by atoms with Crippen LogP contribution < -0.4 is 0 Å². The fraction of sp³-hybridized carbons (Fsp3) is 0.118. The molecule has 5 heteroatoms. The highest BCUT2D eigenvalue weighted by molar-refractivity contribution is 5.93. The van der Waals surface area contributed by atoms with Crippen molar-refractivity contribution in [1.82, 2.24) is 0 Å². The van der Waals surface area contributed by atoms with Crippen LogP contribution in [-0.4, -0.2) is 15.8 Å². The molecule has 1 N–H and O–H groups in total. The highest BCUT2D eigenvalue weighted by Gasteiger charge is 2.13. The van der Waals surface area contributed by atoms with Crippen LogP contribution in [0.2, 0.25) is 0 Å². The van der Waals surface area contributed by atoms with Crippen molar-refractivity contribution in [1.29, 1.82) is 0 Å². The largest absolute Gasteiger partial charge is 0.388 e. The number of non-ortho nitro benzene ring substituents is 1. The minimum atomic E-state index is -0.978. The van der Waals surface area contributed by atoms with Crippen LogP contribution in [0.4, 0.5) is 5.69 Å². The summed E-state index contributed by atoms with van der Waals surface area (Å²) in [6.07, 6.45) is 2.06. The molecule has 0 aromatic heterocycles. The first-order chi connectivity index (χ1) is 10.6. The van der Waals surface area contributed by atoms with E-state index in [4.69, 9.17) is 0 Å². The van der Waals surface area contributed by atoms with Crippen LogP contribution in [-0.2, 0) is 4.79 Å². The summed E-state index contributed by atoms with van der Waals surface area (Å²) in [5.74, 6) is -0.213. The number of aliphatic hydroxyl groups excluding tert-OH is 1. The van der Waals surface area contributed by atoms with E-state index in [1.807, 2.05) is 30.3 Å². The van der Waals surface area contributed by atoms with E-state index in [-0.39, 0.29) is 17.9 Å². The fourth-order valence-corrected chi connectivity index (χ4v) is 1.95. The van der Waals surface area contributed by atoms with E-state index in [0.29, 0.717) is 5.56 Å². The van der Waals surface area contributed by atoms with Gasteiger partial charge in [0.25, 0.3) is 5.69 Å².